The fraction of sp³-hybridized carbons (Fsp3) is 0.261. The van der Waals surface area contributed by atoms with Gasteiger partial charge in [0.25, 0.3) is 5.91 Å². The van der Waals surface area contributed by atoms with Crippen molar-refractivity contribution < 1.29 is 31.1 Å². The number of fused-ring (bicyclic) bond motifs is 1. The SMILES string of the molecule is O=C1N=C(NC2CNC2)SC1=Cc1ccc2c(cnn2Cc2ccc(C(F)(F)F)cc2C(F)(F)F)c1. The number of nitrogens with zero attached hydrogens (tertiary/aromatic N) is 3. The summed E-state index contributed by atoms with van der Waals surface area (Å²) in [5, 5.41) is 11.6. The number of carbonyl (C=O) groups excluding carboxylic acids is 1. The highest BCUT2D eigenvalue weighted by Gasteiger charge is 2.38. The Bertz CT molecular complexity index is 1400. The Kier molecular flexibility index (Phi) is 6.07. The van der Waals surface area contributed by atoms with E-state index < -0.39 is 23.5 Å². The first-order valence-corrected chi connectivity index (χ1v) is 11.5. The molecule has 0 bridgehead atoms. The summed E-state index contributed by atoms with van der Waals surface area (Å²) in [4.78, 5) is 16.7. The number of thioether (sulfide) groups is 1. The lowest BCUT2D eigenvalue weighted by Crippen LogP contribution is -2.56. The first-order chi connectivity index (χ1) is 17.0. The van der Waals surface area contributed by atoms with Gasteiger partial charge in [-0.25, -0.2) is 0 Å². The molecule has 13 heteroatoms. The van der Waals surface area contributed by atoms with Crippen molar-refractivity contribution in [2.45, 2.75) is 24.9 Å². The van der Waals surface area contributed by atoms with E-state index in [1.807, 2.05) is 0 Å². The second kappa shape index (κ2) is 8.96. The van der Waals surface area contributed by atoms with E-state index in [1.165, 1.54) is 22.6 Å². The zero-order chi connectivity index (χ0) is 25.7. The summed E-state index contributed by atoms with van der Waals surface area (Å²) < 4.78 is 80.7. The van der Waals surface area contributed by atoms with E-state index in [9.17, 15) is 31.1 Å². The van der Waals surface area contributed by atoms with Crippen molar-refractivity contribution in [2.75, 3.05) is 13.1 Å². The van der Waals surface area contributed by atoms with Crippen LogP contribution in [0.4, 0.5) is 26.3 Å². The highest BCUT2D eigenvalue weighted by atomic mass is 32.2. The summed E-state index contributed by atoms with van der Waals surface area (Å²) in [6.45, 7) is 1.22. The van der Waals surface area contributed by atoms with Gasteiger partial charge >= 0.3 is 12.4 Å². The Morgan fingerprint density at radius 2 is 1.86 bits per heavy atom. The summed E-state index contributed by atoms with van der Waals surface area (Å²) in [7, 11) is 0. The Balaban J connectivity index is 1.38. The van der Waals surface area contributed by atoms with Gasteiger partial charge in [-0.3, -0.25) is 9.48 Å². The lowest BCUT2D eigenvalue weighted by molar-refractivity contribution is -0.143. The number of benzene rings is 2. The topological polar surface area (TPSA) is 71.3 Å². The molecule has 0 saturated carbocycles. The Morgan fingerprint density at radius 3 is 2.53 bits per heavy atom. The summed E-state index contributed by atoms with van der Waals surface area (Å²) in [6, 6.07) is 6.84. The number of hydrogen-bond donors (Lipinski definition) is 2. The molecule has 0 spiro atoms. The zero-order valence-electron chi connectivity index (χ0n) is 18.2. The highest BCUT2D eigenvalue weighted by molar-refractivity contribution is 8.18. The fourth-order valence-electron chi connectivity index (χ4n) is 3.82. The standard InChI is InChI=1S/C23H17F6N5OS/c24-22(25,26)15-3-2-13(17(7-15)23(27,28)29)11-34-18-4-1-12(5-14(18)8-31-34)6-19-20(35)33-21(36-19)32-16-9-30-10-16/h1-8,16,30H,9-11H2,(H,32,33,35). The number of hydrogen-bond acceptors (Lipinski definition) is 5. The summed E-state index contributed by atoms with van der Waals surface area (Å²) in [5.41, 5.74) is -1.90. The van der Waals surface area contributed by atoms with Gasteiger partial charge in [-0.2, -0.15) is 36.4 Å². The smallest absolute Gasteiger partial charge is 0.359 e. The van der Waals surface area contributed by atoms with Gasteiger partial charge in [-0.15, -0.1) is 0 Å². The Labute approximate surface area is 204 Å². The molecule has 0 radical (unpaired) electrons. The van der Waals surface area contributed by atoms with Gasteiger partial charge in [0.15, 0.2) is 5.17 Å². The van der Waals surface area contributed by atoms with Crippen LogP contribution in [0, 0.1) is 0 Å². The molecule has 1 amide bonds. The third-order valence-corrected chi connectivity index (χ3v) is 6.67. The molecule has 0 aliphatic carbocycles. The second-order valence-electron chi connectivity index (χ2n) is 8.32. The third-order valence-electron chi connectivity index (χ3n) is 5.76. The fourth-order valence-corrected chi connectivity index (χ4v) is 4.72. The maximum Gasteiger partial charge on any atom is 0.416 e. The largest absolute Gasteiger partial charge is 0.416 e. The molecule has 2 aliphatic heterocycles. The second-order valence-corrected chi connectivity index (χ2v) is 9.35. The molecule has 2 N–H and O–H groups in total. The quantitative estimate of drug-likeness (QED) is 0.383. The van der Waals surface area contributed by atoms with Gasteiger partial charge in [0.1, 0.15) is 0 Å². The molecule has 3 heterocycles. The van der Waals surface area contributed by atoms with Gasteiger partial charge in [0.2, 0.25) is 0 Å². The monoisotopic (exact) mass is 525 g/mol. The number of aromatic nitrogens is 2. The molecule has 2 aliphatic rings. The molecule has 1 saturated heterocycles. The van der Waals surface area contributed by atoms with E-state index in [1.54, 1.807) is 24.3 Å². The molecule has 5 rings (SSSR count). The van der Waals surface area contributed by atoms with Gasteiger partial charge in [-0.1, -0.05) is 12.1 Å². The van der Waals surface area contributed by atoms with E-state index in [0.29, 0.717) is 32.6 Å². The van der Waals surface area contributed by atoms with Crippen LogP contribution in [0.15, 0.2) is 52.5 Å². The average Bonchev–Trinajstić information content (AvgIpc) is 3.32. The van der Waals surface area contributed by atoms with E-state index in [0.717, 1.165) is 19.2 Å². The molecule has 2 aromatic carbocycles. The van der Waals surface area contributed by atoms with Crippen molar-refractivity contribution >= 4 is 39.8 Å². The van der Waals surface area contributed by atoms with Crippen LogP contribution in [0.3, 0.4) is 0 Å². The van der Waals surface area contributed by atoms with Gasteiger partial charge < -0.3 is 10.6 Å². The van der Waals surface area contributed by atoms with Crippen LogP contribution in [0.25, 0.3) is 17.0 Å². The molecule has 1 aromatic heterocycles. The molecule has 0 unspecified atom stereocenters. The van der Waals surface area contributed by atoms with Crippen LogP contribution in [0.2, 0.25) is 0 Å². The van der Waals surface area contributed by atoms with Crippen molar-refractivity contribution in [1.29, 1.82) is 0 Å². The number of halogens is 6. The highest BCUT2D eigenvalue weighted by Crippen LogP contribution is 2.38. The van der Waals surface area contributed by atoms with E-state index in [4.69, 9.17) is 0 Å². The van der Waals surface area contributed by atoms with E-state index in [-0.39, 0.29) is 30.1 Å². The van der Waals surface area contributed by atoms with Crippen LogP contribution in [0.1, 0.15) is 22.3 Å². The van der Waals surface area contributed by atoms with Crippen molar-refractivity contribution in [3.05, 3.63) is 69.8 Å². The van der Waals surface area contributed by atoms with Crippen LogP contribution >= 0.6 is 11.8 Å². The van der Waals surface area contributed by atoms with Crippen LogP contribution in [0.5, 0.6) is 0 Å². The molecule has 188 valence electrons. The first-order valence-electron chi connectivity index (χ1n) is 10.7. The van der Waals surface area contributed by atoms with E-state index >= 15 is 0 Å². The predicted octanol–water partition coefficient (Wildman–Crippen LogP) is 4.65. The molecular formula is C23H17F6N5OS. The number of alkyl halides is 6. The van der Waals surface area contributed by atoms with Crippen molar-refractivity contribution in [2.24, 2.45) is 4.99 Å². The minimum Gasteiger partial charge on any atom is -0.359 e. The van der Waals surface area contributed by atoms with Crippen LogP contribution in [-0.2, 0) is 23.7 Å². The molecule has 36 heavy (non-hydrogen) atoms. The van der Waals surface area contributed by atoms with Crippen molar-refractivity contribution in [3.8, 4) is 0 Å². The molecular weight excluding hydrogens is 508 g/mol. The number of rotatable bonds is 4. The van der Waals surface area contributed by atoms with E-state index in [2.05, 4.69) is 20.7 Å². The maximum atomic E-state index is 13.5. The predicted molar refractivity (Wildman–Crippen MR) is 123 cm³/mol. The molecule has 1 fully saturated rings. The van der Waals surface area contributed by atoms with Gasteiger partial charge in [0.05, 0.1) is 40.3 Å². The van der Waals surface area contributed by atoms with Crippen molar-refractivity contribution in [3.63, 3.8) is 0 Å². The minimum absolute atomic E-state index is 0.119. The summed E-state index contributed by atoms with van der Waals surface area (Å²) in [5.74, 6) is -0.368. The Hall–Kier alpha value is -3.32. The van der Waals surface area contributed by atoms with Crippen LogP contribution < -0.4 is 10.6 Å². The normalized spacial score (nSPS) is 18.1. The number of aliphatic imine (C=N–C) groups is 1. The molecule has 3 aromatic rings. The summed E-state index contributed by atoms with van der Waals surface area (Å²) >= 11 is 1.23. The number of amidine groups is 1. The zero-order valence-corrected chi connectivity index (χ0v) is 19.1. The molecule has 6 nitrogen and oxygen atoms in total. The number of amides is 1. The Morgan fingerprint density at radius 1 is 1.08 bits per heavy atom. The van der Waals surface area contributed by atoms with Gasteiger partial charge in [0, 0.05) is 18.5 Å². The van der Waals surface area contributed by atoms with Gasteiger partial charge in [-0.05, 0) is 53.2 Å². The maximum absolute atomic E-state index is 13.5. The third kappa shape index (κ3) is 4.98. The van der Waals surface area contributed by atoms with Crippen molar-refractivity contribution in [1.82, 2.24) is 20.4 Å². The average molecular weight is 525 g/mol. The number of carbonyl (C=O) groups is 1. The van der Waals surface area contributed by atoms with Crippen LogP contribution in [-0.4, -0.2) is 40.0 Å². The lowest BCUT2D eigenvalue weighted by Gasteiger charge is -2.28. The lowest BCUT2D eigenvalue weighted by atomic mass is 10.0. The molecule has 0 atom stereocenters. The summed E-state index contributed by atoms with van der Waals surface area (Å²) in [6.07, 6.45) is -6.74. The first kappa shape index (κ1) is 24.4. The number of nitrogens with one attached hydrogen (secondary N) is 2. The minimum atomic E-state index is -4.96.